The number of carbonyl (C=O) groups excluding carboxylic acids is 1. The Morgan fingerprint density at radius 3 is 1.98 bits per heavy atom. The van der Waals surface area contributed by atoms with E-state index in [1.54, 1.807) is 11.8 Å². The molecule has 5 aromatic carbocycles. The molecule has 7 rings (SSSR count). The topological polar surface area (TPSA) is 29.5 Å². The number of fused-ring (bicyclic) bond motifs is 3. The molecule has 0 spiro atoms. The van der Waals surface area contributed by atoms with E-state index in [4.69, 9.17) is 16.3 Å². The van der Waals surface area contributed by atoms with E-state index in [1.807, 2.05) is 114 Å². The summed E-state index contributed by atoms with van der Waals surface area (Å²) in [4.78, 5) is 18.0. The Balaban J connectivity index is 1.55. The Labute approximate surface area is 249 Å². The van der Waals surface area contributed by atoms with Gasteiger partial charge in [0.1, 0.15) is 5.76 Å². The van der Waals surface area contributed by atoms with Crippen molar-refractivity contribution in [2.24, 2.45) is 0 Å². The molecule has 3 nitrogen and oxygen atoms in total. The minimum Gasteiger partial charge on any atom is -0.462 e. The molecule has 0 unspecified atom stereocenters. The number of nitrogens with zero attached hydrogens (tertiary/aromatic N) is 1. The summed E-state index contributed by atoms with van der Waals surface area (Å²) in [5.74, 6) is 0.474. The zero-order valence-electron chi connectivity index (χ0n) is 22.1. The van der Waals surface area contributed by atoms with Gasteiger partial charge in [-0.25, -0.2) is 0 Å². The fourth-order valence-electron chi connectivity index (χ4n) is 5.79. The third-order valence-corrected chi connectivity index (χ3v) is 9.25. The summed E-state index contributed by atoms with van der Waals surface area (Å²) in [7, 11) is 0. The molecule has 0 bridgehead atoms. The Morgan fingerprint density at radius 1 is 0.707 bits per heavy atom. The van der Waals surface area contributed by atoms with E-state index in [-0.39, 0.29) is 11.2 Å². The van der Waals surface area contributed by atoms with Crippen LogP contribution in [0.4, 0.5) is 5.69 Å². The SMILES string of the molecule is O=C1C(c2ccccc2)=C(c2ccccc2)O[C@]2(c3ccc(Cl)cc3)C[C@@H](c3ccccc3)Sc3ccccc3N12. The molecular formula is C36H26ClNO2S. The first-order valence-corrected chi connectivity index (χ1v) is 14.9. The molecule has 5 heteroatoms. The van der Waals surface area contributed by atoms with Crippen LogP contribution in [0, 0.1) is 0 Å². The van der Waals surface area contributed by atoms with Gasteiger partial charge in [-0.05, 0) is 35.4 Å². The summed E-state index contributed by atoms with van der Waals surface area (Å²) >= 11 is 8.15. The van der Waals surface area contributed by atoms with Gasteiger partial charge in [-0.15, -0.1) is 11.8 Å². The lowest BCUT2D eigenvalue weighted by atomic mass is 9.87. The minimum atomic E-state index is -1.13. The van der Waals surface area contributed by atoms with Crippen molar-refractivity contribution >= 4 is 46.3 Å². The number of ether oxygens (including phenoxy) is 1. The van der Waals surface area contributed by atoms with Crippen LogP contribution >= 0.6 is 23.4 Å². The Kier molecular flexibility index (Phi) is 6.66. The normalized spacial score (nSPS) is 20.1. The van der Waals surface area contributed by atoms with E-state index < -0.39 is 5.72 Å². The predicted octanol–water partition coefficient (Wildman–Crippen LogP) is 9.36. The number of hydrogen-bond donors (Lipinski definition) is 0. The predicted molar refractivity (Wildman–Crippen MR) is 167 cm³/mol. The van der Waals surface area contributed by atoms with Crippen LogP contribution < -0.4 is 4.90 Å². The molecule has 5 aromatic rings. The van der Waals surface area contributed by atoms with Crippen LogP contribution in [0.25, 0.3) is 11.3 Å². The van der Waals surface area contributed by atoms with Crippen LogP contribution in [-0.2, 0) is 15.3 Å². The third kappa shape index (κ3) is 4.54. The Morgan fingerprint density at radius 2 is 1.29 bits per heavy atom. The summed E-state index contributed by atoms with van der Waals surface area (Å²) in [6, 6.07) is 46.1. The second kappa shape index (κ2) is 10.6. The van der Waals surface area contributed by atoms with Gasteiger partial charge in [0.05, 0.1) is 11.3 Å². The monoisotopic (exact) mass is 571 g/mol. The van der Waals surface area contributed by atoms with Crippen molar-refractivity contribution in [2.75, 3.05) is 4.90 Å². The highest BCUT2D eigenvalue weighted by Gasteiger charge is 2.54. The van der Waals surface area contributed by atoms with E-state index in [2.05, 4.69) is 30.3 Å². The quantitative estimate of drug-likeness (QED) is 0.215. The maximum absolute atomic E-state index is 15.1. The van der Waals surface area contributed by atoms with Crippen molar-refractivity contribution in [1.82, 2.24) is 0 Å². The van der Waals surface area contributed by atoms with E-state index >= 15 is 4.79 Å². The van der Waals surface area contributed by atoms with Gasteiger partial charge in [0, 0.05) is 32.7 Å². The Hall–Kier alpha value is -4.25. The highest BCUT2D eigenvalue weighted by molar-refractivity contribution is 7.99. The van der Waals surface area contributed by atoms with Gasteiger partial charge in [0.15, 0.2) is 0 Å². The minimum absolute atomic E-state index is 0.0149. The van der Waals surface area contributed by atoms with Crippen molar-refractivity contribution in [3.05, 3.63) is 167 Å². The molecule has 0 saturated heterocycles. The first kappa shape index (κ1) is 25.7. The Bertz CT molecular complexity index is 1740. The van der Waals surface area contributed by atoms with Crippen LogP contribution in [0.1, 0.15) is 33.9 Å². The van der Waals surface area contributed by atoms with Crippen LogP contribution in [0.2, 0.25) is 5.02 Å². The molecule has 0 aromatic heterocycles. The zero-order valence-corrected chi connectivity index (χ0v) is 23.7. The molecular weight excluding hydrogens is 546 g/mol. The number of thioether (sulfide) groups is 1. The van der Waals surface area contributed by atoms with Gasteiger partial charge in [-0.1, -0.05) is 127 Å². The van der Waals surface area contributed by atoms with Crippen LogP contribution in [-0.4, -0.2) is 5.91 Å². The first-order chi connectivity index (χ1) is 20.1. The second-order valence-electron chi connectivity index (χ2n) is 10.2. The first-order valence-electron chi connectivity index (χ1n) is 13.6. The van der Waals surface area contributed by atoms with E-state index in [0.29, 0.717) is 22.8 Å². The molecule has 2 aliphatic rings. The molecule has 0 N–H and O–H groups in total. The number of benzene rings is 5. The highest BCUT2D eigenvalue weighted by Crippen LogP contribution is 2.58. The number of anilines is 1. The molecule has 0 saturated carbocycles. The number of rotatable bonds is 4. The molecule has 2 heterocycles. The van der Waals surface area contributed by atoms with Crippen LogP contribution in [0.15, 0.2) is 144 Å². The maximum Gasteiger partial charge on any atom is 0.266 e. The number of halogens is 1. The van der Waals surface area contributed by atoms with Crippen molar-refractivity contribution in [3.63, 3.8) is 0 Å². The summed E-state index contributed by atoms with van der Waals surface area (Å²) in [6.45, 7) is 0. The average molecular weight is 572 g/mol. The summed E-state index contributed by atoms with van der Waals surface area (Å²) in [5, 5.41) is 0.645. The van der Waals surface area contributed by atoms with Crippen molar-refractivity contribution in [1.29, 1.82) is 0 Å². The second-order valence-corrected chi connectivity index (χ2v) is 11.8. The van der Waals surface area contributed by atoms with E-state index in [9.17, 15) is 0 Å². The van der Waals surface area contributed by atoms with Crippen molar-refractivity contribution in [3.8, 4) is 0 Å². The average Bonchev–Trinajstić information content (AvgIpc) is 3.18. The number of hydrogen-bond acceptors (Lipinski definition) is 3. The van der Waals surface area contributed by atoms with Gasteiger partial charge >= 0.3 is 0 Å². The fourth-order valence-corrected chi connectivity index (χ4v) is 7.26. The fraction of sp³-hybridized carbons (Fsp3) is 0.0833. The summed E-state index contributed by atoms with van der Waals surface area (Å²) in [5.41, 5.74) is 3.96. The van der Waals surface area contributed by atoms with Gasteiger partial charge in [-0.2, -0.15) is 0 Å². The molecule has 2 atom stereocenters. The molecule has 0 fully saturated rings. The van der Waals surface area contributed by atoms with E-state index in [1.165, 1.54) is 5.56 Å². The largest absolute Gasteiger partial charge is 0.462 e. The van der Waals surface area contributed by atoms with Crippen LogP contribution in [0.5, 0.6) is 0 Å². The zero-order chi connectivity index (χ0) is 27.8. The number of carbonyl (C=O) groups is 1. The number of para-hydroxylation sites is 1. The summed E-state index contributed by atoms with van der Waals surface area (Å²) < 4.78 is 7.34. The van der Waals surface area contributed by atoms with E-state index in [0.717, 1.165) is 27.3 Å². The molecule has 1 amide bonds. The molecule has 0 radical (unpaired) electrons. The van der Waals surface area contributed by atoms with Gasteiger partial charge < -0.3 is 4.74 Å². The molecule has 200 valence electrons. The molecule has 2 aliphatic heterocycles. The molecule has 0 aliphatic carbocycles. The number of amides is 1. The van der Waals surface area contributed by atoms with Crippen molar-refractivity contribution in [2.45, 2.75) is 22.3 Å². The maximum atomic E-state index is 15.1. The van der Waals surface area contributed by atoms with Gasteiger partial charge in [0.2, 0.25) is 5.72 Å². The molecule has 41 heavy (non-hydrogen) atoms. The standard InChI is InChI=1S/C36H26ClNO2S/c37-29-22-20-28(21-23-29)36-24-32(25-12-4-1-5-13-25)41-31-19-11-10-18-30(31)38(36)35(39)33(26-14-6-2-7-15-26)34(40-36)27-16-8-3-9-17-27/h1-23,32H,24H2/t32-,36-/m0/s1. The van der Waals surface area contributed by atoms with Crippen LogP contribution in [0.3, 0.4) is 0 Å². The highest BCUT2D eigenvalue weighted by atomic mass is 35.5. The smallest absolute Gasteiger partial charge is 0.266 e. The lowest BCUT2D eigenvalue weighted by Gasteiger charge is -2.48. The lowest BCUT2D eigenvalue weighted by Crippen LogP contribution is -2.55. The summed E-state index contributed by atoms with van der Waals surface area (Å²) in [6.07, 6.45) is 0.530. The van der Waals surface area contributed by atoms with Crippen molar-refractivity contribution < 1.29 is 9.53 Å². The lowest BCUT2D eigenvalue weighted by molar-refractivity contribution is -0.120. The van der Waals surface area contributed by atoms with Gasteiger partial charge in [-0.3, -0.25) is 9.69 Å². The third-order valence-electron chi connectivity index (χ3n) is 7.68. The van der Waals surface area contributed by atoms with Gasteiger partial charge in [0.25, 0.3) is 5.91 Å².